The number of hydrogen-bond donors (Lipinski definition) is 4. The molecule has 69 heavy (non-hydrogen) atoms. The second-order valence-electron chi connectivity index (χ2n) is 19.5. The smallest absolute Gasteiger partial charge is 0.264 e. The minimum Gasteiger partial charge on any atom is -0.352 e. The van der Waals surface area contributed by atoms with Gasteiger partial charge >= 0.3 is 0 Å². The molecule has 9 aliphatic rings. The first-order chi connectivity index (χ1) is 34.2. The highest BCUT2D eigenvalue weighted by Crippen LogP contribution is 2.64. The highest BCUT2D eigenvalue weighted by molar-refractivity contribution is 7.39. The van der Waals surface area contributed by atoms with Crippen LogP contribution in [0.3, 0.4) is 0 Å². The Morgan fingerprint density at radius 2 is 0.841 bits per heavy atom. The van der Waals surface area contributed by atoms with Gasteiger partial charge in [0.15, 0.2) is 0 Å². The number of nitrogens with zero attached hydrogens (tertiary/aromatic N) is 4. The maximum absolute atomic E-state index is 4.03. The molecule has 0 amide bonds. The van der Waals surface area contributed by atoms with Crippen LogP contribution < -0.4 is 72.3 Å². The van der Waals surface area contributed by atoms with Crippen LogP contribution in [-0.2, 0) is 0 Å². The lowest BCUT2D eigenvalue weighted by molar-refractivity contribution is 1.17. The number of anilines is 20. The van der Waals surface area contributed by atoms with E-state index in [0.29, 0.717) is 0 Å². The number of nitrogens with one attached hydrogen (secondary N) is 4. The van der Waals surface area contributed by atoms with Crippen LogP contribution in [0.2, 0.25) is 0 Å². The van der Waals surface area contributed by atoms with Gasteiger partial charge in [0.25, 0.3) is 13.4 Å². The summed E-state index contributed by atoms with van der Waals surface area (Å²) in [4.78, 5) is 10.5. The van der Waals surface area contributed by atoms with Gasteiger partial charge in [0.1, 0.15) is 0 Å². The number of hydrogen-bond acceptors (Lipinski definition) is 9. The number of para-hydroxylation sites is 4. The van der Waals surface area contributed by atoms with Crippen LogP contribution in [0.25, 0.3) is 22.3 Å². The van der Waals surface area contributed by atoms with Gasteiger partial charge < -0.3 is 40.9 Å². The normalized spacial score (nSPS) is 15.2. The van der Waals surface area contributed by atoms with Gasteiger partial charge in [0.2, 0.25) is 0 Å². The molecule has 0 saturated heterocycles. The summed E-state index contributed by atoms with van der Waals surface area (Å²) in [5, 5.41) is 15.9. The van der Waals surface area contributed by atoms with E-state index in [1.807, 2.05) is 11.3 Å². The first kappa shape index (κ1) is 34.5. The SMILES string of the molecule is c1ccc(-c2cc3c4c(c2)B2c5sc6c7c5N(c5ccccc5N7c5ccc7c8c5B6c5ccc(-c6ccccc6)c6c5N8c5c(cccc5N6)N7)c5ccc6c(c52)N4c2c(cccc2N6)N3)cc1. The Kier molecular flexibility index (Phi) is 5.74. The van der Waals surface area contributed by atoms with Crippen molar-refractivity contribution in [2.24, 2.45) is 0 Å². The zero-order valence-corrected chi connectivity index (χ0v) is 37.3. The van der Waals surface area contributed by atoms with Crippen LogP contribution in [0.15, 0.2) is 170 Å². The summed E-state index contributed by atoms with van der Waals surface area (Å²) >= 11 is 2.04. The monoisotopic (exact) mass is 894 g/mol. The van der Waals surface area contributed by atoms with Crippen molar-refractivity contribution in [2.45, 2.75) is 0 Å². The fourth-order valence-corrected chi connectivity index (χ4v) is 15.4. The van der Waals surface area contributed by atoms with E-state index in [-0.39, 0.29) is 13.4 Å². The van der Waals surface area contributed by atoms with Gasteiger partial charge in [-0.15, -0.1) is 0 Å². The average Bonchev–Trinajstić information content (AvgIpc) is 3.79. The Morgan fingerprint density at radius 1 is 0.319 bits per heavy atom. The summed E-state index contributed by atoms with van der Waals surface area (Å²) in [6, 6.07) is 63.3. The quantitative estimate of drug-likeness (QED) is 0.128. The Hall–Kier alpha value is -8.79. The van der Waals surface area contributed by atoms with E-state index in [2.05, 4.69) is 211 Å². The zero-order valence-electron chi connectivity index (χ0n) is 36.5. The second kappa shape index (κ2) is 11.5. The van der Waals surface area contributed by atoms with Crippen LogP contribution in [0, 0.1) is 0 Å². The number of benzene rings is 9. The van der Waals surface area contributed by atoms with Gasteiger partial charge in [0.05, 0.1) is 102 Å². The van der Waals surface area contributed by atoms with E-state index >= 15 is 0 Å². The molecular formula is C58H32B2N8S. The largest absolute Gasteiger partial charge is 0.352 e. The molecule has 0 aliphatic carbocycles. The van der Waals surface area contributed by atoms with Crippen molar-refractivity contribution < 1.29 is 0 Å². The van der Waals surface area contributed by atoms with Crippen molar-refractivity contribution in [1.82, 2.24) is 0 Å². The summed E-state index contributed by atoms with van der Waals surface area (Å²) < 4.78 is 2.78. The van der Waals surface area contributed by atoms with Gasteiger partial charge in [-0.1, -0.05) is 103 Å². The molecule has 0 fully saturated rings. The molecule has 0 bridgehead atoms. The Balaban J connectivity index is 0.942. The van der Waals surface area contributed by atoms with E-state index in [9.17, 15) is 0 Å². The molecule has 9 aromatic carbocycles. The summed E-state index contributed by atoms with van der Waals surface area (Å²) in [6.07, 6.45) is 0. The van der Waals surface area contributed by atoms with E-state index in [4.69, 9.17) is 0 Å². The lowest BCUT2D eigenvalue weighted by Crippen LogP contribution is -2.61. The third-order valence-corrected chi connectivity index (χ3v) is 17.6. The van der Waals surface area contributed by atoms with Crippen molar-refractivity contribution in [3.05, 3.63) is 170 Å². The first-order valence-electron chi connectivity index (χ1n) is 23.8. The molecule has 10 aromatic rings. The number of thiophene rings is 1. The Morgan fingerprint density at radius 3 is 1.46 bits per heavy atom. The molecule has 0 radical (unpaired) electrons. The third kappa shape index (κ3) is 3.82. The van der Waals surface area contributed by atoms with E-state index in [1.165, 1.54) is 122 Å². The van der Waals surface area contributed by atoms with Crippen LogP contribution in [0.1, 0.15) is 0 Å². The van der Waals surface area contributed by atoms with Crippen molar-refractivity contribution in [3.63, 3.8) is 0 Å². The van der Waals surface area contributed by atoms with Gasteiger partial charge in [-0.3, -0.25) is 0 Å². The topological polar surface area (TPSA) is 61.1 Å². The third-order valence-electron chi connectivity index (χ3n) is 16.3. The van der Waals surface area contributed by atoms with Crippen molar-refractivity contribution in [1.29, 1.82) is 0 Å². The van der Waals surface area contributed by atoms with Crippen molar-refractivity contribution in [3.8, 4) is 22.3 Å². The van der Waals surface area contributed by atoms with E-state index in [0.717, 1.165) is 45.5 Å². The van der Waals surface area contributed by atoms with Gasteiger partial charge in [-0.2, -0.15) is 11.3 Å². The molecule has 0 saturated carbocycles. The Labute approximate surface area is 400 Å². The van der Waals surface area contributed by atoms with Gasteiger partial charge in [-0.05, 0) is 105 Å². The molecule has 1 aromatic heterocycles. The van der Waals surface area contributed by atoms with E-state index < -0.39 is 0 Å². The fourth-order valence-electron chi connectivity index (χ4n) is 13.8. The summed E-state index contributed by atoms with van der Waals surface area (Å²) in [7, 11) is 0. The standard InChI is InChI=1S/C58H32B2N8S/c1-3-11-29(12-4-1)31-27-34-49-41(28-31)63-37-17-9-15-35-51(37)67(49)53-39(61-35)23-26-45-47(53)60(34)58-56-55-57(69-58)59-33-22-21-32(30-13-5-2-6-14-30)48-50(33)68-52-36(16-10-18-38(52)64-48)62-40-24-25-44(46(59)54(40)68)65(55)42-19-7-8-20-43(42)66(45)56/h1-28,61-64H. The molecule has 0 spiro atoms. The second-order valence-corrected chi connectivity index (χ2v) is 20.6. The van der Waals surface area contributed by atoms with Crippen LogP contribution >= 0.6 is 11.3 Å². The highest BCUT2D eigenvalue weighted by Gasteiger charge is 2.56. The molecule has 8 nitrogen and oxygen atoms in total. The minimum absolute atomic E-state index is 0.0198. The summed E-state index contributed by atoms with van der Waals surface area (Å²) in [6.45, 7) is -0.0501. The molecule has 9 aliphatic heterocycles. The lowest BCUT2D eigenvalue weighted by Gasteiger charge is -2.51. The molecule has 10 heterocycles. The molecule has 0 atom stereocenters. The summed E-state index contributed by atoms with van der Waals surface area (Å²) in [5.41, 5.74) is 34.1. The predicted molar refractivity (Wildman–Crippen MR) is 290 cm³/mol. The number of rotatable bonds is 2. The molecule has 316 valence electrons. The van der Waals surface area contributed by atoms with Gasteiger partial charge in [0, 0.05) is 26.5 Å². The molecule has 19 rings (SSSR count). The molecule has 4 N–H and O–H groups in total. The van der Waals surface area contributed by atoms with Gasteiger partial charge in [-0.25, -0.2) is 0 Å². The maximum Gasteiger partial charge on any atom is 0.264 e. The Bertz CT molecular complexity index is 4150. The number of fused-ring (bicyclic) bond motifs is 9. The average molecular weight is 895 g/mol. The fraction of sp³-hybridized carbons (Fsp3) is 0. The minimum atomic E-state index is -0.0303. The van der Waals surface area contributed by atoms with Crippen LogP contribution in [0.4, 0.5) is 114 Å². The van der Waals surface area contributed by atoms with Crippen molar-refractivity contribution >= 4 is 170 Å². The maximum atomic E-state index is 4.03. The summed E-state index contributed by atoms with van der Waals surface area (Å²) in [5.74, 6) is 0. The van der Waals surface area contributed by atoms with Crippen molar-refractivity contribution in [2.75, 3.05) is 40.9 Å². The lowest BCUT2D eigenvalue weighted by atomic mass is 9.34. The first-order valence-corrected chi connectivity index (χ1v) is 24.7. The van der Waals surface area contributed by atoms with Crippen LogP contribution in [0.5, 0.6) is 0 Å². The van der Waals surface area contributed by atoms with E-state index in [1.54, 1.807) is 0 Å². The molecule has 11 heteroatoms. The zero-order chi connectivity index (χ0) is 44.1. The van der Waals surface area contributed by atoms with Crippen LogP contribution in [-0.4, -0.2) is 13.4 Å². The molecular weight excluding hydrogens is 862 g/mol. The highest BCUT2D eigenvalue weighted by atomic mass is 32.1. The predicted octanol–water partition coefficient (Wildman–Crippen LogP) is 11.8. The molecule has 0 unspecified atom stereocenters.